The predicted octanol–water partition coefficient (Wildman–Crippen LogP) is 1.52. The van der Waals surface area contributed by atoms with E-state index in [9.17, 15) is 0 Å². The first-order chi connectivity index (χ1) is 2.43. The van der Waals surface area contributed by atoms with Crippen LogP contribution in [-0.4, -0.2) is 6.10 Å². The molecule has 0 aromatic rings. The second-order valence-corrected chi connectivity index (χ2v) is 1.80. The molecule has 0 amide bonds. The monoisotopic (exact) mass is 184 g/mol. The van der Waals surface area contributed by atoms with Gasteiger partial charge in [-0.15, -0.1) is 0 Å². The Morgan fingerprint density at radius 2 is 2.20 bits per heavy atom. The molecule has 0 unspecified atom stereocenters. The molecule has 0 aromatic heterocycles. The van der Waals surface area contributed by atoms with Crippen LogP contribution >= 0.6 is 23.0 Å². The van der Waals surface area contributed by atoms with Gasteiger partial charge in [0.05, 0.1) is 6.10 Å². The summed E-state index contributed by atoms with van der Waals surface area (Å²) in [5.74, 6) is 0. The smallest absolute Gasteiger partial charge is 0.110 e. The van der Waals surface area contributed by atoms with Crippen LogP contribution in [0.15, 0.2) is 0 Å². The molecule has 1 saturated carbocycles. The lowest BCUT2D eigenvalue weighted by Gasteiger charge is -1.76. The highest BCUT2D eigenvalue weighted by Gasteiger charge is 2.20. The molecular weight excluding hydrogens is 179 g/mol. The minimum absolute atomic E-state index is 0.621. The van der Waals surface area contributed by atoms with Crippen LogP contribution in [0.5, 0.6) is 0 Å². The topological polar surface area (TPSA) is 9.23 Å². The minimum atomic E-state index is 0.621. The van der Waals surface area contributed by atoms with Crippen molar-refractivity contribution < 1.29 is 3.07 Å². The zero-order valence-corrected chi connectivity index (χ0v) is 4.94. The molecule has 0 aromatic carbocycles. The fourth-order valence-electron chi connectivity index (χ4n) is 0.157. The van der Waals surface area contributed by atoms with E-state index in [1.807, 2.05) is 23.0 Å². The maximum absolute atomic E-state index is 4.83. The number of hydrogen-bond acceptors (Lipinski definition) is 1. The van der Waals surface area contributed by atoms with E-state index in [4.69, 9.17) is 3.07 Å². The average molecular weight is 184 g/mol. The van der Waals surface area contributed by atoms with Gasteiger partial charge in [0, 0.05) is 0 Å². The van der Waals surface area contributed by atoms with Gasteiger partial charge in [-0.2, -0.15) is 0 Å². The van der Waals surface area contributed by atoms with E-state index in [1.54, 1.807) is 0 Å². The third kappa shape index (κ3) is 1.05. The van der Waals surface area contributed by atoms with Crippen LogP contribution in [0.1, 0.15) is 12.8 Å². The normalized spacial score (nSPS) is 23.4. The molecular formula is C3H5IO. The molecule has 5 heavy (non-hydrogen) atoms. The lowest BCUT2D eigenvalue weighted by atomic mass is 10.9. The molecule has 1 aliphatic rings. The van der Waals surface area contributed by atoms with Crippen LogP contribution in [0.25, 0.3) is 0 Å². The lowest BCUT2D eigenvalue weighted by Crippen LogP contribution is -1.71. The van der Waals surface area contributed by atoms with Crippen molar-refractivity contribution in [2.75, 3.05) is 0 Å². The predicted molar refractivity (Wildman–Crippen MR) is 28.1 cm³/mol. The molecule has 0 heterocycles. The van der Waals surface area contributed by atoms with Gasteiger partial charge in [-0.05, 0) is 12.8 Å². The van der Waals surface area contributed by atoms with E-state index in [2.05, 4.69) is 0 Å². The van der Waals surface area contributed by atoms with E-state index >= 15 is 0 Å². The van der Waals surface area contributed by atoms with Gasteiger partial charge < -0.3 is 3.07 Å². The van der Waals surface area contributed by atoms with Crippen molar-refractivity contribution in [2.45, 2.75) is 18.9 Å². The first kappa shape index (κ1) is 3.87. The van der Waals surface area contributed by atoms with Gasteiger partial charge in [-0.3, -0.25) is 0 Å². The van der Waals surface area contributed by atoms with E-state index < -0.39 is 0 Å². The van der Waals surface area contributed by atoms with Gasteiger partial charge in [-0.1, -0.05) is 0 Å². The molecule has 1 nitrogen and oxygen atoms in total. The van der Waals surface area contributed by atoms with Crippen LogP contribution in [0, 0.1) is 0 Å². The molecule has 0 saturated heterocycles. The molecule has 1 fully saturated rings. The van der Waals surface area contributed by atoms with E-state index in [0.29, 0.717) is 6.10 Å². The summed E-state index contributed by atoms with van der Waals surface area (Å²) in [5, 5.41) is 0. The highest BCUT2D eigenvalue weighted by atomic mass is 127. The zero-order valence-electron chi connectivity index (χ0n) is 2.78. The Labute approximate surface area is 45.4 Å². The molecule has 0 atom stereocenters. The molecule has 0 spiro atoms. The molecule has 0 N–H and O–H groups in total. The van der Waals surface area contributed by atoms with Crippen molar-refractivity contribution in [3.05, 3.63) is 0 Å². The van der Waals surface area contributed by atoms with Gasteiger partial charge in [0.25, 0.3) is 0 Å². The van der Waals surface area contributed by atoms with Gasteiger partial charge in [0.1, 0.15) is 23.0 Å². The Morgan fingerprint density at radius 3 is 2.20 bits per heavy atom. The van der Waals surface area contributed by atoms with Crippen molar-refractivity contribution >= 4 is 23.0 Å². The maximum Gasteiger partial charge on any atom is 0.110 e. The zero-order chi connectivity index (χ0) is 3.70. The molecule has 1 rings (SSSR count). The van der Waals surface area contributed by atoms with E-state index in [-0.39, 0.29) is 0 Å². The Balaban J connectivity index is 2.00. The molecule has 0 radical (unpaired) electrons. The summed E-state index contributed by atoms with van der Waals surface area (Å²) in [7, 11) is 0. The molecule has 0 aliphatic heterocycles. The summed E-state index contributed by atoms with van der Waals surface area (Å²) < 4.78 is 4.83. The van der Waals surface area contributed by atoms with Crippen molar-refractivity contribution in [1.29, 1.82) is 0 Å². The highest BCUT2D eigenvalue weighted by Crippen LogP contribution is 2.25. The van der Waals surface area contributed by atoms with Crippen molar-refractivity contribution in [3.63, 3.8) is 0 Å². The van der Waals surface area contributed by atoms with Crippen LogP contribution in [0.4, 0.5) is 0 Å². The number of halogens is 1. The van der Waals surface area contributed by atoms with Crippen molar-refractivity contribution in [3.8, 4) is 0 Å². The van der Waals surface area contributed by atoms with Crippen LogP contribution < -0.4 is 0 Å². The minimum Gasteiger partial charge on any atom is -0.312 e. The van der Waals surface area contributed by atoms with Gasteiger partial charge >= 0.3 is 0 Å². The number of hydrogen-bond donors (Lipinski definition) is 0. The Morgan fingerprint density at radius 1 is 1.60 bits per heavy atom. The van der Waals surface area contributed by atoms with Gasteiger partial charge in [-0.25, -0.2) is 0 Å². The largest absolute Gasteiger partial charge is 0.312 e. The summed E-state index contributed by atoms with van der Waals surface area (Å²) in [6.07, 6.45) is 3.18. The van der Waals surface area contributed by atoms with Gasteiger partial charge in [0.15, 0.2) is 0 Å². The second kappa shape index (κ2) is 1.43. The van der Waals surface area contributed by atoms with Gasteiger partial charge in [0.2, 0.25) is 0 Å². The number of rotatable bonds is 1. The average Bonchev–Trinajstić information content (AvgIpc) is 2.12. The fraction of sp³-hybridized carbons (Fsp3) is 1.00. The summed E-state index contributed by atoms with van der Waals surface area (Å²) in [5.41, 5.74) is 0. The summed E-state index contributed by atoms with van der Waals surface area (Å²) in [6, 6.07) is 0. The summed E-state index contributed by atoms with van der Waals surface area (Å²) >= 11 is 1.94. The fourth-order valence-corrected chi connectivity index (χ4v) is 0.666. The quantitative estimate of drug-likeness (QED) is 0.561. The molecule has 0 bridgehead atoms. The first-order valence-electron chi connectivity index (χ1n) is 1.71. The van der Waals surface area contributed by atoms with E-state index in [1.165, 1.54) is 12.8 Å². The SMILES string of the molecule is IOC1CC1. The molecule has 1 aliphatic carbocycles. The van der Waals surface area contributed by atoms with Crippen molar-refractivity contribution in [2.24, 2.45) is 0 Å². The van der Waals surface area contributed by atoms with E-state index in [0.717, 1.165) is 0 Å². The maximum atomic E-state index is 4.83. The highest BCUT2D eigenvalue weighted by molar-refractivity contribution is 14.1. The Bertz CT molecular complexity index is 33.9. The second-order valence-electron chi connectivity index (χ2n) is 1.29. The molecule has 30 valence electrons. The summed E-state index contributed by atoms with van der Waals surface area (Å²) in [6.45, 7) is 0. The Hall–Kier alpha value is 0.690. The first-order valence-corrected chi connectivity index (χ1v) is 2.59. The third-order valence-electron chi connectivity index (χ3n) is 0.650. The van der Waals surface area contributed by atoms with Crippen LogP contribution in [0.3, 0.4) is 0 Å². The third-order valence-corrected chi connectivity index (χ3v) is 1.37. The summed E-state index contributed by atoms with van der Waals surface area (Å²) in [4.78, 5) is 0. The lowest BCUT2D eigenvalue weighted by molar-refractivity contribution is 0.414. The van der Waals surface area contributed by atoms with Crippen molar-refractivity contribution in [1.82, 2.24) is 0 Å². The standard InChI is InChI=1S/C3H5IO/c4-5-3-1-2-3/h3H,1-2H2. The van der Waals surface area contributed by atoms with Crippen LogP contribution in [-0.2, 0) is 3.07 Å². The molecule has 2 heteroatoms. The van der Waals surface area contributed by atoms with Crippen LogP contribution in [0.2, 0.25) is 0 Å². The Kier molecular flexibility index (Phi) is 1.10.